The molecule has 1 aromatic carbocycles. The van der Waals surface area contributed by atoms with Crippen molar-refractivity contribution in [1.29, 1.82) is 0 Å². The van der Waals surface area contributed by atoms with Crippen LogP contribution in [-0.2, 0) is 16.0 Å². The Morgan fingerprint density at radius 2 is 2.17 bits per heavy atom. The molecule has 6 nitrogen and oxygen atoms in total. The number of hydrogen-bond acceptors (Lipinski definition) is 7. The van der Waals surface area contributed by atoms with Crippen LogP contribution in [0.25, 0.3) is 0 Å². The molecule has 0 aliphatic carbocycles. The van der Waals surface area contributed by atoms with Gasteiger partial charge in [-0.15, -0.1) is 0 Å². The van der Waals surface area contributed by atoms with E-state index in [1.807, 2.05) is 0 Å². The number of ether oxygens (including phenoxy) is 1. The maximum absolute atomic E-state index is 12.3. The Morgan fingerprint density at radius 1 is 1.50 bits per heavy atom. The third kappa shape index (κ3) is 4.04. The Balaban J connectivity index is 2.27. The summed E-state index contributed by atoms with van der Waals surface area (Å²) in [5.41, 5.74) is 0.729. The molecule has 0 radical (unpaired) electrons. The van der Waals surface area contributed by atoms with E-state index in [2.05, 4.69) is 31.9 Å². The highest BCUT2D eigenvalue weighted by Gasteiger charge is 2.37. The number of phenolic OH excluding ortho intramolecular Hbond substituents is 1. The Labute approximate surface area is 164 Å². The van der Waals surface area contributed by atoms with Crippen molar-refractivity contribution in [1.82, 2.24) is 4.90 Å². The molecule has 0 spiro atoms. The van der Waals surface area contributed by atoms with Gasteiger partial charge < -0.3 is 19.7 Å². The molecule has 1 aliphatic heterocycles. The zero-order valence-electron chi connectivity index (χ0n) is 12.4. The van der Waals surface area contributed by atoms with Gasteiger partial charge >= 0.3 is 0 Å². The summed E-state index contributed by atoms with van der Waals surface area (Å²) in [6.45, 7) is 1.62. The number of carboxylic acid groups (broad SMARTS) is 1. The largest absolute Gasteiger partial charge is 0.548 e. The highest BCUT2D eigenvalue weighted by Crippen LogP contribution is 2.43. The minimum Gasteiger partial charge on any atom is -0.548 e. The van der Waals surface area contributed by atoms with Crippen molar-refractivity contribution in [3.63, 3.8) is 0 Å². The molecular formula is C14H12Br2NO5S2-. The number of thiocarbonyl (C=S) groups is 1. The number of carbonyl (C=O) groups excluding carboxylic acids is 2. The number of hydrogen-bond donors (Lipinski definition) is 1. The van der Waals surface area contributed by atoms with E-state index in [4.69, 9.17) is 17.0 Å². The lowest BCUT2D eigenvalue weighted by Gasteiger charge is -2.17. The molecule has 0 bridgehead atoms. The number of aliphatic carboxylic acids is 1. The molecule has 1 saturated heterocycles. The van der Waals surface area contributed by atoms with Crippen LogP contribution in [-0.4, -0.2) is 44.6 Å². The van der Waals surface area contributed by atoms with Crippen molar-refractivity contribution in [2.75, 3.05) is 13.2 Å². The first-order valence-electron chi connectivity index (χ1n) is 6.80. The Hall–Kier alpha value is -0.840. The minimum absolute atomic E-state index is 0.0352. The maximum Gasteiger partial charge on any atom is 0.242 e. The summed E-state index contributed by atoms with van der Waals surface area (Å²) < 4.78 is 6.62. The van der Waals surface area contributed by atoms with E-state index in [1.54, 1.807) is 13.0 Å². The van der Waals surface area contributed by atoms with Gasteiger partial charge in [-0.25, -0.2) is 0 Å². The Bertz CT molecular complexity index is 713. The molecule has 24 heavy (non-hydrogen) atoms. The van der Waals surface area contributed by atoms with Gasteiger partial charge in [-0.05, 0) is 56.8 Å². The second-order valence-electron chi connectivity index (χ2n) is 4.82. The second kappa shape index (κ2) is 8.03. The molecule has 0 saturated carbocycles. The quantitative estimate of drug-likeness (QED) is 0.599. The molecule has 2 rings (SSSR count). The number of amides is 1. The molecule has 0 aromatic heterocycles. The topological polar surface area (TPSA) is 89.9 Å². The smallest absolute Gasteiger partial charge is 0.242 e. The van der Waals surface area contributed by atoms with Crippen LogP contribution in [0.5, 0.6) is 11.5 Å². The molecule has 1 fully saturated rings. The van der Waals surface area contributed by atoms with E-state index in [0.29, 0.717) is 27.7 Å². The summed E-state index contributed by atoms with van der Waals surface area (Å²) in [7, 11) is 0. The predicted molar refractivity (Wildman–Crippen MR) is 99.1 cm³/mol. The molecule has 1 amide bonds. The lowest BCUT2D eigenvalue weighted by atomic mass is 10.1. The SMILES string of the molecule is CCOc1cc(C[C@H]2SC(=S)N(CC(=O)[O-])C2=O)c(Br)c(Br)c1O. The van der Waals surface area contributed by atoms with Gasteiger partial charge in [0.1, 0.15) is 4.32 Å². The number of aromatic hydroxyl groups is 1. The highest BCUT2D eigenvalue weighted by atomic mass is 79.9. The van der Waals surface area contributed by atoms with Crippen LogP contribution in [0.1, 0.15) is 12.5 Å². The molecular weight excluding hydrogens is 486 g/mol. The predicted octanol–water partition coefficient (Wildman–Crippen LogP) is 1.84. The monoisotopic (exact) mass is 496 g/mol. The fourth-order valence-electron chi connectivity index (χ4n) is 2.16. The fraction of sp³-hybridized carbons (Fsp3) is 0.357. The first-order chi connectivity index (χ1) is 11.3. The van der Waals surface area contributed by atoms with E-state index < -0.39 is 17.8 Å². The van der Waals surface area contributed by atoms with Gasteiger partial charge in [-0.3, -0.25) is 9.69 Å². The molecule has 1 aliphatic rings. The normalized spacial score (nSPS) is 17.5. The van der Waals surface area contributed by atoms with Crippen LogP contribution in [0.3, 0.4) is 0 Å². The van der Waals surface area contributed by atoms with Crippen LogP contribution < -0.4 is 9.84 Å². The van der Waals surface area contributed by atoms with Crippen molar-refractivity contribution in [2.24, 2.45) is 0 Å². The molecule has 1 atom stereocenters. The summed E-state index contributed by atoms with van der Waals surface area (Å²) in [6, 6.07) is 1.64. The van der Waals surface area contributed by atoms with Crippen molar-refractivity contribution in [2.45, 2.75) is 18.6 Å². The minimum atomic E-state index is -1.36. The van der Waals surface area contributed by atoms with Crippen LogP contribution in [0.15, 0.2) is 15.0 Å². The zero-order valence-corrected chi connectivity index (χ0v) is 17.2. The number of thioether (sulfide) groups is 1. The number of rotatable bonds is 6. The molecule has 0 unspecified atom stereocenters. The highest BCUT2D eigenvalue weighted by molar-refractivity contribution is 9.13. The standard InChI is InChI=1S/C14H13Br2NO5S2/c1-2-22-7-3-6(10(15)11(16)12(7)20)4-8-13(21)17(5-9(18)19)14(23)24-8/h3,8,20H,2,4-5H2,1H3,(H,18,19)/p-1/t8-/m1/s1. The van der Waals surface area contributed by atoms with Crippen molar-refractivity contribution in [3.05, 3.63) is 20.6 Å². The molecule has 10 heteroatoms. The summed E-state index contributed by atoms with van der Waals surface area (Å²) >= 11 is 12.9. The maximum atomic E-state index is 12.3. The van der Waals surface area contributed by atoms with Gasteiger partial charge in [0.05, 0.1) is 28.8 Å². The van der Waals surface area contributed by atoms with E-state index in [1.165, 1.54) is 0 Å². The number of nitrogens with zero attached hydrogens (tertiary/aromatic N) is 1. The van der Waals surface area contributed by atoms with Gasteiger partial charge in [0.2, 0.25) is 5.91 Å². The third-order valence-corrected chi connectivity index (χ3v) is 7.01. The lowest BCUT2D eigenvalue weighted by Crippen LogP contribution is -2.41. The number of phenols is 1. The van der Waals surface area contributed by atoms with E-state index in [-0.39, 0.29) is 16.0 Å². The van der Waals surface area contributed by atoms with Gasteiger partial charge in [-0.1, -0.05) is 24.0 Å². The summed E-state index contributed by atoms with van der Waals surface area (Å²) in [6.07, 6.45) is 0.298. The van der Waals surface area contributed by atoms with Crippen LogP contribution in [0, 0.1) is 0 Å². The van der Waals surface area contributed by atoms with Gasteiger partial charge in [-0.2, -0.15) is 0 Å². The Kier molecular flexibility index (Phi) is 6.52. The molecule has 1 heterocycles. The molecule has 130 valence electrons. The zero-order chi connectivity index (χ0) is 18.0. The summed E-state index contributed by atoms with van der Waals surface area (Å²) in [5, 5.41) is 20.2. The average molecular weight is 498 g/mol. The molecule has 1 N–H and O–H groups in total. The number of halogens is 2. The van der Waals surface area contributed by atoms with Crippen molar-refractivity contribution in [3.8, 4) is 11.5 Å². The number of carbonyl (C=O) groups is 2. The van der Waals surface area contributed by atoms with Crippen molar-refractivity contribution >= 4 is 72.0 Å². The first-order valence-corrected chi connectivity index (χ1v) is 9.68. The van der Waals surface area contributed by atoms with Crippen LogP contribution >= 0.6 is 55.8 Å². The Morgan fingerprint density at radius 3 is 2.75 bits per heavy atom. The summed E-state index contributed by atoms with van der Waals surface area (Å²) in [5.74, 6) is -1.47. The summed E-state index contributed by atoms with van der Waals surface area (Å²) in [4.78, 5) is 24.1. The second-order valence-corrected chi connectivity index (χ2v) is 8.24. The van der Waals surface area contributed by atoms with E-state index in [9.17, 15) is 19.8 Å². The third-order valence-electron chi connectivity index (χ3n) is 3.22. The van der Waals surface area contributed by atoms with E-state index in [0.717, 1.165) is 22.2 Å². The van der Waals surface area contributed by atoms with Crippen LogP contribution in [0.2, 0.25) is 0 Å². The van der Waals surface area contributed by atoms with Gasteiger partial charge in [0.15, 0.2) is 11.5 Å². The fourth-order valence-corrected chi connectivity index (χ4v) is 4.59. The van der Waals surface area contributed by atoms with Gasteiger partial charge in [0, 0.05) is 4.47 Å². The number of carboxylic acids is 1. The van der Waals surface area contributed by atoms with E-state index >= 15 is 0 Å². The van der Waals surface area contributed by atoms with Crippen LogP contribution in [0.4, 0.5) is 0 Å². The van der Waals surface area contributed by atoms with Crippen molar-refractivity contribution < 1.29 is 24.5 Å². The lowest BCUT2D eigenvalue weighted by molar-refractivity contribution is -0.305. The first kappa shape index (κ1) is 19.5. The molecule has 1 aromatic rings. The van der Waals surface area contributed by atoms with Gasteiger partial charge in [0.25, 0.3) is 0 Å². The number of benzene rings is 1. The average Bonchev–Trinajstić information content (AvgIpc) is 2.77.